The second kappa shape index (κ2) is 3.72. The molecule has 0 fully saturated rings. The SMILES string of the molecule is Cn1cc(NC(=O)C(C)(C)C(=O)O)cn1. The lowest BCUT2D eigenvalue weighted by atomic mass is 9.93. The maximum absolute atomic E-state index is 11.6. The molecule has 1 aromatic rings. The molecule has 0 saturated heterocycles. The highest BCUT2D eigenvalue weighted by atomic mass is 16.4. The summed E-state index contributed by atoms with van der Waals surface area (Å²) < 4.78 is 1.52. The normalized spacial score (nSPS) is 11.1. The third-order valence-corrected chi connectivity index (χ3v) is 2.07. The number of nitrogens with one attached hydrogen (secondary N) is 1. The van der Waals surface area contributed by atoms with E-state index in [1.807, 2.05) is 0 Å². The molecule has 0 unspecified atom stereocenters. The molecule has 82 valence electrons. The van der Waals surface area contributed by atoms with Crippen LogP contribution in [-0.4, -0.2) is 26.8 Å². The molecule has 0 aromatic carbocycles. The zero-order valence-electron chi connectivity index (χ0n) is 8.81. The average molecular weight is 211 g/mol. The van der Waals surface area contributed by atoms with Gasteiger partial charge in [0.2, 0.25) is 5.91 Å². The third-order valence-electron chi connectivity index (χ3n) is 2.07. The Hall–Kier alpha value is -1.85. The summed E-state index contributed by atoms with van der Waals surface area (Å²) in [7, 11) is 1.71. The monoisotopic (exact) mass is 211 g/mol. The van der Waals surface area contributed by atoms with E-state index in [9.17, 15) is 9.59 Å². The number of amides is 1. The molecule has 0 radical (unpaired) electrons. The smallest absolute Gasteiger partial charge is 0.318 e. The summed E-state index contributed by atoms with van der Waals surface area (Å²) in [6.45, 7) is 2.70. The van der Waals surface area contributed by atoms with Crippen LogP contribution in [0.25, 0.3) is 0 Å². The van der Waals surface area contributed by atoms with Gasteiger partial charge in [0.05, 0.1) is 11.9 Å². The Morgan fingerprint density at radius 3 is 2.53 bits per heavy atom. The minimum absolute atomic E-state index is 0.483. The van der Waals surface area contributed by atoms with Crippen molar-refractivity contribution in [2.75, 3.05) is 5.32 Å². The van der Waals surface area contributed by atoms with Gasteiger partial charge in [-0.15, -0.1) is 0 Å². The number of carbonyl (C=O) groups is 2. The first-order chi connectivity index (χ1) is 6.84. The molecule has 0 saturated carbocycles. The van der Waals surface area contributed by atoms with Crippen LogP contribution in [0.15, 0.2) is 12.4 Å². The molecule has 0 aliphatic carbocycles. The molecule has 6 heteroatoms. The maximum Gasteiger partial charge on any atom is 0.318 e. The molecule has 6 nitrogen and oxygen atoms in total. The standard InChI is InChI=1S/C9H13N3O3/c1-9(2,8(14)15)7(13)11-6-4-10-12(3)5-6/h4-5H,1-3H3,(H,11,13)(H,14,15). The molecular weight excluding hydrogens is 198 g/mol. The summed E-state index contributed by atoms with van der Waals surface area (Å²) in [5.41, 5.74) is -0.965. The lowest BCUT2D eigenvalue weighted by Crippen LogP contribution is -2.37. The second-order valence-corrected chi connectivity index (χ2v) is 3.79. The number of rotatable bonds is 3. The van der Waals surface area contributed by atoms with Gasteiger partial charge in [-0.1, -0.05) is 0 Å². The first kappa shape index (κ1) is 11.2. The Bertz CT molecular complexity index is 395. The van der Waals surface area contributed by atoms with E-state index in [4.69, 9.17) is 5.11 Å². The van der Waals surface area contributed by atoms with Gasteiger partial charge in [0.25, 0.3) is 0 Å². The van der Waals surface area contributed by atoms with Crippen LogP contribution in [0.1, 0.15) is 13.8 Å². The highest BCUT2D eigenvalue weighted by Crippen LogP contribution is 2.18. The van der Waals surface area contributed by atoms with Crippen molar-refractivity contribution in [3.63, 3.8) is 0 Å². The summed E-state index contributed by atoms with van der Waals surface area (Å²) in [4.78, 5) is 22.3. The third kappa shape index (κ3) is 2.34. The molecule has 1 heterocycles. The van der Waals surface area contributed by atoms with Crippen LogP contribution < -0.4 is 5.32 Å². The van der Waals surface area contributed by atoms with Crippen molar-refractivity contribution >= 4 is 17.6 Å². The van der Waals surface area contributed by atoms with Crippen LogP contribution in [0.5, 0.6) is 0 Å². The van der Waals surface area contributed by atoms with Crippen LogP contribution in [-0.2, 0) is 16.6 Å². The molecular formula is C9H13N3O3. The zero-order valence-corrected chi connectivity index (χ0v) is 8.81. The summed E-state index contributed by atoms with van der Waals surface area (Å²) in [5.74, 6) is -1.73. The van der Waals surface area contributed by atoms with Gasteiger partial charge in [-0.05, 0) is 13.8 Å². The second-order valence-electron chi connectivity index (χ2n) is 3.79. The molecule has 0 aliphatic heterocycles. The Balaban J connectivity index is 2.76. The summed E-state index contributed by atoms with van der Waals surface area (Å²) in [5, 5.41) is 15.1. The van der Waals surface area contributed by atoms with Gasteiger partial charge < -0.3 is 10.4 Å². The van der Waals surface area contributed by atoms with Crippen molar-refractivity contribution < 1.29 is 14.7 Å². The lowest BCUT2D eigenvalue weighted by molar-refractivity contribution is -0.151. The highest BCUT2D eigenvalue weighted by molar-refractivity contribution is 6.07. The Kier molecular flexibility index (Phi) is 2.78. The van der Waals surface area contributed by atoms with Gasteiger partial charge in [0.15, 0.2) is 0 Å². The van der Waals surface area contributed by atoms with Crippen LogP contribution >= 0.6 is 0 Å². The fourth-order valence-electron chi connectivity index (χ4n) is 0.870. The Morgan fingerprint density at radius 2 is 2.13 bits per heavy atom. The van der Waals surface area contributed by atoms with Gasteiger partial charge in [-0.3, -0.25) is 14.3 Å². The van der Waals surface area contributed by atoms with E-state index in [0.29, 0.717) is 5.69 Å². The summed E-state index contributed by atoms with van der Waals surface area (Å²) in [6.07, 6.45) is 3.05. The number of aromatic nitrogens is 2. The van der Waals surface area contributed by atoms with Gasteiger partial charge in [0.1, 0.15) is 5.41 Å². The van der Waals surface area contributed by atoms with Gasteiger partial charge in [-0.2, -0.15) is 5.10 Å². The summed E-state index contributed by atoms with van der Waals surface area (Å²) in [6, 6.07) is 0. The Morgan fingerprint density at radius 1 is 1.53 bits per heavy atom. The number of carbonyl (C=O) groups excluding carboxylic acids is 1. The number of anilines is 1. The van der Waals surface area contributed by atoms with E-state index in [1.165, 1.54) is 24.7 Å². The zero-order chi connectivity index (χ0) is 11.6. The minimum atomic E-state index is -1.45. The maximum atomic E-state index is 11.6. The van der Waals surface area contributed by atoms with Gasteiger partial charge >= 0.3 is 5.97 Å². The molecule has 1 amide bonds. The van der Waals surface area contributed by atoms with Crippen molar-refractivity contribution in [3.8, 4) is 0 Å². The van der Waals surface area contributed by atoms with E-state index in [2.05, 4.69) is 10.4 Å². The van der Waals surface area contributed by atoms with Crippen molar-refractivity contribution in [1.82, 2.24) is 9.78 Å². The van der Waals surface area contributed by atoms with Crippen LogP contribution in [0.4, 0.5) is 5.69 Å². The van der Waals surface area contributed by atoms with E-state index in [-0.39, 0.29) is 0 Å². The largest absolute Gasteiger partial charge is 0.480 e. The molecule has 0 aliphatic rings. The Labute approximate surface area is 86.9 Å². The lowest BCUT2D eigenvalue weighted by Gasteiger charge is -2.17. The van der Waals surface area contributed by atoms with E-state index in [1.54, 1.807) is 13.2 Å². The fraction of sp³-hybridized carbons (Fsp3) is 0.444. The van der Waals surface area contributed by atoms with Gasteiger partial charge in [-0.25, -0.2) is 0 Å². The quantitative estimate of drug-likeness (QED) is 0.712. The van der Waals surface area contributed by atoms with Crippen molar-refractivity contribution in [1.29, 1.82) is 0 Å². The minimum Gasteiger partial charge on any atom is -0.480 e. The van der Waals surface area contributed by atoms with Crippen molar-refractivity contribution in [3.05, 3.63) is 12.4 Å². The molecule has 0 bridgehead atoms. The number of nitrogens with zero attached hydrogens (tertiary/aromatic N) is 2. The topological polar surface area (TPSA) is 84.2 Å². The van der Waals surface area contributed by atoms with Crippen LogP contribution in [0.2, 0.25) is 0 Å². The number of hydrogen-bond acceptors (Lipinski definition) is 3. The predicted octanol–water partition coefficient (Wildman–Crippen LogP) is 0.469. The fourth-order valence-corrected chi connectivity index (χ4v) is 0.870. The summed E-state index contributed by atoms with van der Waals surface area (Å²) >= 11 is 0. The number of carboxylic acids is 1. The number of aryl methyl sites for hydroxylation is 1. The van der Waals surface area contributed by atoms with Crippen LogP contribution in [0, 0.1) is 5.41 Å². The number of aliphatic carboxylic acids is 1. The number of hydrogen-bond donors (Lipinski definition) is 2. The molecule has 15 heavy (non-hydrogen) atoms. The number of carboxylic acid groups (broad SMARTS) is 1. The van der Waals surface area contributed by atoms with E-state index in [0.717, 1.165) is 0 Å². The van der Waals surface area contributed by atoms with Crippen LogP contribution in [0.3, 0.4) is 0 Å². The van der Waals surface area contributed by atoms with Crippen molar-refractivity contribution in [2.24, 2.45) is 12.5 Å². The molecule has 2 N–H and O–H groups in total. The molecule has 1 rings (SSSR count). The van der Waals surface area contributed by atoms with E-state index < -0.39 is 17.3 Å². The first-order valence-electron chi connectivity index (χ1n) is 4.37. The van der Waals surface area contributed by atoms with Crippen molar-refractivity contribution in [2.45, 2.75) is 13.8 Å². The highest BCUT2D eigenvalue weighted by Gasteiger charge is 2.36. The molecule has 1 aromatic heterocycles. The molecule has 0 atom stereocenters. The van der Waals surface area contributed by atoms with Gasteiger partial charge in [0, 0.05) is 13.2 Å². The average Bonchev–Trinajstić information content (AvgIpc) is 2.50. The predicted molar refractivity (Wildman–Crippen MR) is 53.3 cm³/mol. The molecule has 0 spiro atoms. The first-order valence-corrected chi connectivity index (χ1v) is 4.37. The van der Waals surface area contributed by atoms with E-state index >= 15 is 0 Å².